The molecule has 1 rings (SSSR count). The first-order valence-corrected chi connectivity index (χ1v) is 6.27. The molecule has 0 spiro atoms. The molecule has 2 N–H and O–H groups in total. The highest BCUT2D eigenvalue weighted by Crippen LogP contribution is 2.13. The molecule has 5 heteroatoms. The fraction of sp³-hybridized carbons (Fsp3) is 0.692. The van der Waals surface area contributed by atoms with E-state index in [1.54, 1.807) is 20.5 Å². The van der Waals surface area contributed by atoms with Gasteiger partial charge in [0.2, 0.25) is 0 Å². The molecule has 0 aliphatic heterocycles. The van der Waals surface area contributed by atoms with E-state index >= 15 is 0 Å². The molecule has 0 aliphatic carbocycles. The molecule has 1 aromatic heterocycles. The summed E-state index contributed by atoms with van der Waals surface area (Å²) in [5.41, 5.74) is 6.74. The average Bonchev–Trinajstić information content (AvgIpc) is 2.83. The summed E-state index contributed by atoms with van der Waals surface area (Å²) in [6.45, 7) is 4.61. The van der Waals surface area contributed by atoms with Gasteiger partial charge < -0.3 is 19.6 Å². The number of rotatable bonds is 10. The maximum Gasteiger partial charge on any atom is 0.122 e. The number of nitrogens with zero attached hydrogens (tertiary/aromatic N) is 1. The lowest BCUT2D eigenvalue weighted by atomic mass is 10.2. The van der Waals surface area contributed by atoms with Gasteiger partial charge in [-0.1, -0.05) is 0 Å². The molecule has 0 saturated heterocycles. The summed E-state index contributed by atoms with van der Waals surface area (Å²) >= 11 is 0. The molecule has 0 fully saturated rings. The first-order chi connectivity index (χ1) is 8.81. The second-order valence-electron chi connectivity index (χ2n) is 4.19. The van der Waals surface area contributed by atoms with E-state index in [0.717, 1.165) is 44.0 Å². The van der Waals surface area contributed by atoms with Crippen LogP contribution in [-0.4, -0.2) is 45.4 Å². The number of nitrogens with two attached hydrogens (primary N) is 1. The Balaban J connectivity index is 2.48. The van der Waals surface area contributed by atoms with Crippen molar-refractivity contribution in [2.45, 2.75) is 19.5 Å². The number of ether oxygens (including phenoxy) is 2. The molecule has 5 nitrogen and oxygen atoms in total. The summed E-state index contributed by atoms with van der Waals surface area (Å²) in [5, 5.41) is 0. The molecule has 18 heavy (non-hydrogen) atoms. The fourth-order valence-electron chi connectivity index (χ4n) is 1.81. The summed E-state index contributed by atoms with van der Waals surface area (Å²) in [6.07, 6.45) is 2.69. The van der Waals surface area contributed by atoms with Gasteiger partial charge in [0.25, 0.3) is 0 Å². The third kappa shape index (κ3) is 5.18. The van der Waals surface area contributed by atoms with E-state index in [2.05, 4.69) is 4.90 Å². The van der Waals surface area contributed by atoms with Gasteiger partial charge in [-0.3, -0.25) is 4.90 Å². The molecular formula is C13H24N2O3. The van der Waals surface area contributed by atoms with Crippen LogP contribution in [0, 0.1) is 0 Å². The molecule has 0 unspecified atom stereocenters. The van der Waals surface area contributed by atoms with Crippen molar-refractivity contribution in [3.63, 3.8) is 0 Å². The summed E-state index contributed by atoms with van der Waals surface area (Å²) < 4.78 is 15.7. The molecule has 0 aromatic carbocycles. The van der Waals surface area contributed by atoms with Crippen LogP contribution in [-0.2, 0) is 22.6 Å². The molecule has 0 radical (unpaired) electrons. The van der Waals surface area contributed by atoms with Crippen molar-refractivity contribution in [3.05, 3.63) is 23.7 Å². The summed E-state index contributed by atoms with van der Waals surface area (Å²) in [6, 6.07) is 1.93. The van der Waals surface area contributed by atoms with Gasteiger partial charge in [0.15, 0.2) is 0 Å². The zero-order valence-electron chi connectivity index (χ0n) is 11.4. The van der Waals surface area contributed by atoms with Crippen LogP contribution >= 0.6 is 0 Å². The second-order valence-corrected chi connectivity index (χ2v) is 4.19. The van der Waals surface area contributed by atoms with Gasteiger partial charge in [0, 0.05) is 46.0 Å². The lowest BCUT2D eigenvalue weighted by Crippen LogP contribution is -2.29. The molecule has 1 aromatic rings. The summed E-state index contributed by atoms with van der Waals surface area (Å²) in [4.78, 5) is 2.29. The van der Waals surface area contributed by atoms with E-state index in [4.69, 9.17) is 19.6 Å². The highest BCUT2D eigenvalue weighted by atomic mass is 16.5. The Morgan fingerprint density at radius 1 is 1.22 bits per heavy atom. The van der Waals surface area contributed by atoms with Crippen molar-refractivity contribution in [2.75, 3.05) is 40.5 Å². The van der Waals surface area contributed by atoms with Gasteiger partial charge >= 0.3 is 0 Å². The number of hydrogen-bond donors (Lipinski definition) is 1. The molecule has 1 heterocycles. The molecule has 104 valence electrons. The molecule has 0 saturated carbocycles. The quantitative estimate of drug-likeness (QED) is 0.638. The Hall–Kier alpha value is -0.880. The highest BCUT2D eigenvalue weighted by Gasteiger charge is 2.11. The smallest absolute Gasteiger partial charge is 0.122 e. The molecule has 0 amide bonds. The zero-order chi connectivity index (χ0) is 13.2. The Morgan fingerprint density at radius 3 is 2.67 bits per heavy atom. The number of hydrogen-bond acceptors (Lipinski definition) is 5. The van der Waals surface area contributed by atoms with Crippen LogP contribution in [0.25, 0.3) is 0 Å². The fourth-order valence-corrected chi connectivity index (χ4v) is 1.81. The van der Waals surface area contributed by atoms with Crippen LogP contribution in [0.5, 0.6) is 0 Å². The molecule has 0 bridgehead atoms. The Labute approximate surface area is 109 Å². The first kappa shape index (κ1) is 15.2. The molecule has 0 aliphatic rings. The van der Waals surface area contributed by atoms with Crippen LogP contribution in [0.15, 0.2) is 16.7 Å². The predicted molar refractivity (Wildman–Crippen MR) is 70.2 cm³/mol. The lowest BCUT2D eigenvalue weighted by Gasteiger charge is -2.21. The maximum atomic E-state index is 5.67. The maximum absolute atomic E-state index is 5.67. The van der Waals surface area contributed by atoms with Crippen molar-refractivity contribution in [2.24, 2.45) is 5.73 Å². The molecular weight excluding hydrogens is 232 g/mol. The molecule has 0 atom stereocenters. The van der Waals surface area contributed by atoms with Gasteiger partial charge in [0.05, 0.1) is 19.4 Å². The minimum Gasteiger partial charge on any atom is -0.468 e. The number of methoxy groups -OCH3 is 2. The van der Waals surface area contributed by atoms with E-state index < -0.39 is 0 Å². The SMILES string of the molecule is COCCCN(CCOC)Cc1occc1CN. The van der Waals surface area contributed by atoms with E-state index in [0.29, 0.717) is 13.2 Å². The van der Waals surface area contributed by atoms with Crippen LogP contribution in [0.2, 0.25) is 0 Å². The van der Waals surface area contributed by atoms with Crippen molar-refractivity contribution < 1.29 is 13.9 Å². The van der Waals surface area contributed by atoms with Gasteiger partial charge in [-0.15, -0.1) is 0 Å². The van der Waals surface area contributed by atoms with Gasteiger partial charge in [0.1, 0.15) is 5.76 Å². The Morgan fingerprint density at radius 2 is 2.00 bits per heavy atom. The monoisotopic (exact) mass is 256 g/mol. The van der Waals surface area contributed by atoms with Crippen LogP contribution < -0.4 is 5.73 Å². The van der Waals surface area contributed by atoms with Crippen molar-refractivity contribution in [3.8, 4) is 0 Å². The third-order valence-electron chi connectivity index (χ3n) is 2.86. The van der Waals surface area contributed by atoms with Crippen molar-refractivity contribution in [1.82, 2.24) is 4.90 Å². The van der Waals surface area contributed by atoms with E-state index in [9.17, 15) is 0 Å². The minimum atomic E-state index is 0.516. The topological polar surface area (TPSA) is 60.9 Å². The van der Waals surface area contributed by atoms with Crippen molar-refractivity contribution in [1.29, 1.82) is 0 Å². The van der Waals surface area contributed by atoms with E-state index in [-0.39, 0.29) is 0 Å². The lowest BCUT2D eigenvalue weighted by molar-refractivity contribution is 0.124. The Kier molecular flexibility index (Phi) is 7.68. The zero-order valence-corrected chi connectivity index (χ0v) is 11.4. The predicted octanol–water partition coefficient (Wildman–Crippen LogP) is 1.22. The average molecular weight is 256 g/mol. The van der Waals surface area contributed by atoms with Crippen LogP contribution in [0.3, 0.4) is 0 Å². The Bertz CT molecular complexity index is 315. The highest BCUT2D eigenvalue weighted by molar-refractivity contribution is 5.16. The van der Waals surface area contributed by atoms with E-state index in [1.165, 1.54) is 0 Å². The summed E-state index contributed by atoms with van der Waals surface area (Å²) in [5.74, 6) is 0.950. The van der Waals surface area contributed by atoms with Crippen molar-refractivity contribution >= 4 is 0 Å². The standard InChI is InChI=1S/C13H24N2O3/c1-16-7-3-5-15(6-9-17-2)11-13-12(10-14)4-8-18-13/h4,8H,3,5-7,9-11,14H2,1-2H3. The van der Waals surface area contributed by atoms with Crippen LogP contribution in [0.4, 0.5) is 0 Å². The number of furan rings is 1. The van der Waals surface area contributed by atoms with Gasteiger partial charge in [-0.25, -0.2) is 0 Å². The first-order valence-electron chi connectivity index (χ1n) is 6.27. The van der Waals surface area contributed by atoms with Gasteiger partial charge in [-0.2, -0.15) is 0 Å². The van der Waals surface area contributed by atoms with E-state index in [1.807, 2.05) is 6.07 Å². The minimum absolute atomic E-state index is 0.516. The third-order valence-corrected chi connectivity index (χ3v) is 2.86. The second kappa shape index (κ2) is 9.10. The van der Waals surface area contributed by atoms with Gasteiger partial charge in [-0.05, 0) is 12.5 Å². The van der Waals surface area contributed by atoms with Crippen LogP contribution in [0.1, 0.15) is 17.7 Å². The summed E-state index contributed by atoms with van der Waals surface area (Å²) in [7, 11) is 3.43. The normalized spacial score (nSPS) is 11.3. The largest absolute Gasteiger partial charge is 0.468 e.